The van der Waals surface area contributed by atoms with Crippen LogP contribution in [0.25, 0.3) is 16.5 Å². The summed E-state index contributed by atoms with van der Waals surface area (Å²) in [6, 6.07) is 9.93. The van der Waals surface area contributed by atoms with E-state index in [0.717, 1.165) is 28.5 Å². The van der Waals surface area contributed by atoms with Crippen LogP contribution in [0.1, 0.15) is 22.3 Å². The van der Waals surface area contributed by atoms with Crippen LogP contribution in [0.5, 0.6) is 11.5 Å². The number of benzene rings is 2. The van der Waals surface area contributed by atoms with Crippen LogP contribution in [0, 0.1) is 5.82 Å². The van der Waals surface area contributed by atoms with Crippen LogP contribution < -0.4 is 9.47 Å². The van der Waals surface area contributed by atoms with Crippen molar-refractivity contribution in [2.75, 3.05) is 27.3 Å². The van der Waals surface area contributed by atoms with Gasteiger partial charge in [0.1, 0.15) is 17.3 Å². The highest BCUT2D eigenvalue weighted by molar-refractivity contribution is 5.97. The van der Waals surface area contributed by atoms with E-state index in [-0.39, 0.29) is 11.7 Å². The van der Waals surface area contributed by atoms with Crippen LogP contribution >= 0.6 is 0 Å². The lowest BCUT2D eigenvalue weighted by Crippen LogP contribution is -2.34. The molecule has 1 N–H and O–H groups in total. The molecule has 0 atom stereocenters. The maximum atomic E-state index is 13.4. The van der Waals surface area contributed by atoms with Crippen LogP contribution in [0.2, 0.25) is 0 Å². The molecule has 2 aromatic carbocycles. The number of aromatic nitrogens is 1. The topological polar surface area (TPSA) is 54.6 Å². The Morgan fingerprint density at radius 2 is 1.86 bits per heavy atom. The van der Waals surface area contributed by atoms with Gasteiger partial charge in [-0.05, 0) is 42.3 Å². The molecule has 0 unspecified atom stereocenters. The number of carbonyl (C=O) groups is 1. The lowest BCUT2D eigenvalue weighted by atomic mass is 9.98. The molecule has 0 radical (unpaired) electrons. The van der Waals surface area contributed by atoms with Crippen LogP contribution in [-0.2, 0) is 0 Å². The van der Waals surface area contributed by atoms with Gasteiger partial charge in [0.2, 0.25) is 0 Å². The first kappa shape index (κ1) is 18.1. The molecule has 5 nitrogen and oxygen atoms in total. The van der Waals surface area contributed by atoms with Gasteiger partial charge < -0.3 is 19.4 Å². The third kappa shape index (κ3) is 3.33. The minimum Gasteiger partial charge on any atom is -0.497 e. The van der Waals surface area contributed by atoms with E-state index in [1.54, 1.807) is 43.4 Å². The van der Waals surface area contributed by atoms with Gasteiger partial charge in [0, 0.05) is 47.4 Å². The summed E-state index contributed by atoms with van der Waals surface area (Å²) in [6.45, 7) is 1.12. The van der Waals surface area contributed by atoms with Crippen molar-refractivity contribution in [3.8, 4) is 11.5 Å². The molecule has 6 heteroatoms. The second-order valence-electron chi connectivity index (χ2n) is 6.72. The number of nitrogens with one attached hydrogen (secondary N) is 1. The number of halogens is 1. The van der Waals surface area contributed by atoms with Gasteiger partial charge in [0.25, 0.3) is 5.91 Å². The highest BCUT2D eigenvalue weighted by atomic mass is 19.1. The molecular weight excluding hydrogens is 359 g/mol. The molecule has 28 heavy (non-hydrogen) atoms. The van der Waals surface area contributed by atoms with E-state index in [1.165, 1.54) is 12.1 Å². The summed E-state index contributed by atoms with van der Waals surface area (Å²) in [5, 5.41) is 0.991. The second kappa shape index (κ2) is 7.38. The summed E-state index contributed by atoms with van der Waals surface area (Å²) < 4.78 is 23.9. The highest BCUT2D eigenvalue weighted by Crippen LogP contribution is 2.30. The number of carbonyl (C=O) groups excluding carboxylic acids is 1. The van der Waals surface area contributed by atoms with Gasteiger partial charge in [0.05, 0.1) is 14.2 Å². The monoisotopic (exact) mass is 380 g/mol. The molecule has 0 fully saturated rings. The summed E-state index contributed by atoms with van der Waals surface area (Å²) in [5.74, 6) is 0.849. The number of hydrogen-bond acceptors (Lipinski definition) is 3. The minimum atomic E-state index is -0.260. The average molecular weight is 380 g/mol. The molecule has 2 heterocycles. The molecule has 1 aromatic heterocycles. The van der Waals surface area contributed by atoms with Crippen LogP contribution in [-0.4, -0.2) is 43.1 Å². The number of methoxy groups -OCH3 is 2. The van der Waals surface area contributed by atoms with Crippen molar-refractivity contribution in [1.82, 2.24) is 9.88 Å². The Labute approximate surface area is 162 Å². The standard InChI is InChI=1S/C22H21FN2O3/c1-27-17-9-15(10-18(12-17)28-2)22(26)25-7-5-14(6-8-25)20-13-24-21-11-16(23)3-4-19(20)21/h3-5,9-13,24H,6-8H2,1-2H3. The second-order valence-corrected chi connectivity index (χ2v) is 6.72. The van der Waals surface area contributed by atoms with Crippen molar-refractivity contribution in [2.24, 2.45) is 0 Å². The molecule has 1 amide bonds. The molecule has 1 aliphatic heterocycles. The molecule has 4 rings (SSSR count). The molecule has 0 bridgehead atoms. The van der Waals surface area contributed by atoms with Gasteiger partial charge in [-0.2, -0.15) is 0 Å². The normalized spacial score (nSPS) is 14.1. The average Bonchev–Trinajstić information content (AvgIpc) is 3.15. The molecule has 144 valence electrons. The molecule has 0 spiro atoms. The summed E-state index contributed by atoms with van der Waals surface area (Å²) in [5.41, 5.74) is 3.53. The predicted octanol–water partition coefficient (Wildman–Crippen LogP) is 4.25. The van der Waals surface area contributed by atoms with Crippen LogP contribution in [0.4, 0.5) is 4.39 Å². The zero-order valence-corrected chi connectivity index (χ0v) is 15.8. The van der Waals surface area contributed by atoms with Crippen molar-refractivity contribution in [3.63, 3.8) is 0 Å². The van der Waals surface area contributed by atoms with Crippen molar-refractivity contribution in [3.05, 3.63) is 65.6 Å². The number of hydrogen-bond donors (Lipinski definition) is 1. The summed E-state index contributed by atoms with van der Waals surface area (Å²) >= 11 is 0. The number of amides is 1. The fourth-order valence-electron chi connectivity index (χ4n) is 3.58. The molecule has 3 aromatic rings. The maximum Gasteiger partial charge on any atom is 0.254 e. The summed E-state index contributed by atoms with van der Waals surface area (Å²) in [6.07, 6.45) is 4.70. The van der Waals surface area contributed by atoms with E-state index < -0.39 is 0 Å². The third-order valence-corrected chi connectivity index (χ3v) is 5.08. The first-order valence-corrected chi connectivity index (χ1v) is 9.07. The number of aromatic amines is 1. The third-order valence-electron chi connectivity index (χ3n) is 5.08. The Morgan fingerprint density at radius 1 is 1.11 bits per heavy atom. The Bertz CT molecular complexity index is 1050. The number of nitrogens with zero attached hydrogens (tertiary/aromatic N) is 1. The molecular formula is C22H21FN2O3. The SMILES string of the molecule is COc1cc(OC)cc(C(=O)N2CC=C(c3c[nH]c4cc(F)ccc34)CC2)c1. The van der Waals surface area contributed by atoms with E-state index in [9.17, 15) is 9.18 Å². The number of ether oxygens (including phenoxy) is 2. The number of fused-ring (bicyclic) bond motifs is 1. The Balaban J connectivity index is 1.56. The van der Waals surface area contributed by atoms with Crippen LogP contribution in [0.15, 0.2) is 48.7 Å². The quantitative estimate of drug-likeness (QED) is 0.736. The first-order valence-electron chi connectivity index (χ1n) is 9.07. The largest absolute Gasteiger partial charge is 0.497 e. The Morgan fingerprint density at radius 3 is 2.50 bits per heavy atom. The van der Waals surface area contributed by atoms with Crippen molar-refractivity contribution in [2.45, 2.75) is 6.42 Å². The molecule has 0 saturated carbocycles. The summed E-state index contributed by atoms with van der Waals surface area (Å²) in [4.78, 5) is 17.8. The van der Waals surface area contributed by atoms with E-state index >= 15 is 0 Å². The maximum absolute atomic E-state index is 13.4. The lowest BCUT2D eigenvalue weighted by molar-refractivity contribution is 0.0772. The van der Waals surface area contributed by atoms with Gasteiger partial charge in [-0.15, -0.1) is 0 Å². The van der Waals surface area contributed by atoms with Crippen LogP contribution in [0.3, 0.4) is 0 Å². The van der Waals surface area contributed by atoms with Crippen molar-refractivity contribution in [1.29, 1.82) is 0 Å². The smallest absolute Gasteiger partial charge is 0.254 e. The Kier molecular flexibility index (Phi) is 4.77. The lowest BCUT2D eigenvalue weighted by Gasteiger charge is -2.27. The van der Waals surface area contributed by atoms with E-state index in [2.05, 4.69) is 11.1 Å². The Hall–Kier alpha value is -3.28. The van der Waals surface area contributed by atoms with E-state index in [0.29, 0.717) is 30.2 Å². The zero-order chi connectivity index (χ0) is 19.7. The fraction of sp³-hybridized carbons (Fsp3) is 0.227. The van der Waals surface area contributed by atoms with E-state index in [1.807, 2.05) is 6.20 Å². The van der Waals surface area contributed by atoms with Gasteiger partial charge in [-0.1, -0.05) is 6.08 Å². The fourth-order valence-corrected chi connectivity index (χ4v) is 3.58. The van der Waals surface area contributed by atoms with E-state index in [4.69, 9.17) is 9.47 Å². The highest BCUT2D eigenvalue weighted by Gasteiger charge is 2.21. The minimum absolute atomic E-state index is 0.0616. The molecule has 0 aliphatic carbocycles. The first-order chi connectivity index (χ1) is 13.6. The number of H-pyrrole nitrogens is 1. The van der Waals surface area contributed by atoms with Gasteiger partial charge in [-0.3, -0.25) is 4.79 Å². The van der Waals surface area contributed by atoms with Gasteiger partial charge in [0.15, 0.2) is 0 Å². The van der Waals surface area contributed by atoms with Gasteiger partial charge in [-0.25, -0.2) is 4.39 Å². The van der Waals surface area contributed by atoms with Crippen molar-refractivity contribution >= 4 is 22.4 Å². The van der Waals surface area contributed by atoms with Gasteiger partial charge >= 0.3 is 0 Å². The predicted molar refractivity (Wildman–Crippen MR) is 106 cm³/mol. The summed E-state index contributed by atoms with van der Waals surface area (Å²) in [7, 11) is 3.12. The molecule has 1 aliphatic rings. The van der Waals surface area contributed by atoms with Crippen molar-refractivity contribution < 1.29 is 18.7 Å². The zero-order valence-electron chi connectivity index (χ0n) is 15.8. The molecule has 0 saturated heterocycles. The number of rotatable bonds is 4.